The van der Waals surface area contributed by atoms with Gasteiger partial charge in [0.25, 0.3) is 0 Å². The van der Waals surface area contributed by atoms with Crippen molar-refractivity contribution < 1.29 is 4.79 Å². The zero-order chi connectivity index (χ0) is 18.4. The summed E-state index contributed by atoms with van der Waals surface area (Å²) in [4.78, 5) is 18.3. The Balaban J connectivity index is 1.58. The topological polar surface area (TPSA) is 46.4 Å². The second-order valence-electron chi connectivity index (χ2n) is 7.28. The molecule has 26 heavy (non-hydrogen) atoms. The molecule has 1 aliphatic rings. The predicted octanol–water partition coefficient (Wildman–Crippen LogP) is 3.88. The van der Waals surface area contributed by atoms with Gasteiger partial charge in [0, 0.05) is 24.7 Å². The average molecular weight is 372 g/mol. The Morgan fingerprint density at radius 3 is 2.58 bits per heavy atom. The van der Waals surface area contributed by atoms with Crippen LogP contribution in [0, 0.1) is 6.92 Å². The summed E-state index contributed by atoms with van der Waals surface area (Å²) in [6, 6.07) is 8.71. The van der Waals surface area contributed by atoms with Crippen LogP contribution in [0.4, 0.5) is 0 Å². The number of carbonyl (C=O) groups excluding carboxylic acids is 1. The van der Waals surface area contributed by atoms with E-state index in [4.69, 9.17) is 4.99 Å². The molecule has 1 fully saturated rings. The van der Waals surface area contributed by atoms with Gasteiger partial charge in [-0.05, 0) is 25.3 Å². The highest BCUT2D eigenvalue weighted by Gasteiger charge is 2.12. The number of aryl methyl sites for hydroxylation is 1. The van der Waals surface area contributed by atoms with Crippen LogP contribution in [-0.4, -0.2) is 16.5 Å². The molecule has 2 aromatic rings. The van der Waals surface area contributed by atoms with E-state index in [1.54, 1.807) is 11.3 Å². The molecule has 1 heterocycles. The Morgan fingerprint density at radius 2 is 1.88 bits per heavy atom. The molecule has 1 aliphatic carbocycles. The van der Waals surface area contributed by atoms with Gasteiger partial charge in [0.2, 0.25) is 5.91 Å². The molecule has 0 aliphatic heterocycles. The van der Waals surface area contributed by atoms with Crippen molar-refractivity contribution in [1.29, 1.82) is 0 Å². The molecule has 1 aromatic heterocycles. The standard InChI is InChI=1S/C21H29N3OS/c1-16-9-11-17(12-10-16)14-22-20(25)13-19-15-26-21(24(19)2)23-18-7-5-3-4-6-8-18/h9-12,15,18H,3-8,13-14H2,1-2H3,(H,22,25). The van der Waals surface area contributed by atoms with Crippen molar-refractivity contribution in [3.8, 4) is 0 Å². The van der Waals surface area contributed by atoms with Crippen LogP contribution in [0.25, 0.3) is 0 Å². The molecule has 0 unspecified atom stereocenters. The van der Waals surface area contributed by atoms with Gasteiger partial charge in [-0.25, -0.2) is 0 Å². The maximum atomic E-state index is 12.3. The monoisotopic (exact) mass is 371 g/mol. The SMILES string of the molecule is Cc1ccc(CNC(=O)Cc2csc(=NC3CCCCCC3)n2C)cc1. The summed E-state index contributed by atoms with van der Waals surface area (Å²) >= 11 is 1.65. The first-order valence-electron chi connectivity index (χ1n) is 9.61. The number of thiazole rings is 1. The molecule has 1 amide bonds. The van der Waals surface area contributed by atoms with Crippen LogP contribution >= 0.6 is 11.3 Å². The highest BCUT2D eigenvalue weighted by molar-refractivity contribution is 7.07. The number of hydrogen-bond acceptors (Lipinski definition) is 3. The Hall–Kier alpha value is -1.88. The van der Waals surface area contributed by atoms with Crippen LogP contribution in [0.3, 0.4) is 0 Å². The Kier molecular flexibility index (Phi) is 6.67. The van der Waals surface area contributed by atoms with Crippen molar-refractivity contribution in [2.75, 3.05) is 0 Å². The van der Waals surface area contributed by atoms with E-state index < -0.39 is 0 Å². The molecule has 1 N–H and O–H groups in total. The van der Waals surface area contributed by atoms with E-state index in [9.17, 15) is 4.79 Å². The van der Waals surface area contributed by atoms with E-state index >= 15 is 0 Å². The summed E-state index contributed by atoms with van der Waals surface area (Å²) in [6.07, 6.45) is 8.06. The Morgan fingerprint density at radius 1 is 1.19 bits per heavy atom. The molecule has 0 spiro atoms. The number of nitrogens with zero attached hydrogens (tertiary/aromatic N) is 2. The predicted molar refractivity (Wildman–Crippen MR) is 107 cm³/mol. The lowest BCUT2D eigenvalue weighted by atomic mass is 10.1. The van der Waals surface area contributed by atoms with Crippen molar-refractivity contribution in [2.24, 2.45) is 12.0 Å². The molecule has 0 bridgehead atoms. The van der Waals surface area contributed by atoms with Crippen LogP contribution in [-0.2, 0) is 24.8 Å². The zero-order valence-electron chi connectivity index (χ0n) is 15.8. The highest BCUT2D eigenvalue weighted by Crippen LogP contribution is 2.19. The van der Waals surface area contributed by atoms with Gasteiger partial charge < -0.3 is 9.88 Å². The molecule has 1 saturated carbocycles. The maximum absolute atomic E-state index is 12.3. The lowest BCUT2D eigenvalue weighted by Gasteiger charge is -2.08. The first kappa shape index (κ1) is 18.9. The highest BCUT2D eigenvalue weighted by atomic mass is 32.1. The fraction of sp³-hybridized carbons (Fsp3) is 0.524. The van der Waals surface area contributed by atoms with Gasteiger partial charge in [-0.15, -0.1) is 11.3 Å². The van der Waals surface area contributed by atoms with Crippen molar-refractivity contribution >= 4 is 17.2 Å². The van der Waals surface area contributed by atoms with E-state index in [-0.39, 0.29) is 5.91 Å². The molecular formula is C21H29N3OS. The van der Waals surface area contributed by atoms with Gasteiger partial charge in [0.1, 0.15) is 0 Å². The van der Waals surface area contributed by atoms with Gasteiger partial charge in [0.15, 0.2) is 4.80 Å². The van der Waals surface area contributed by atoms with E-state index in [0.29, 0.717) is 19.0 Å². The first-order valence-corrected chi connectivity index (χ1v) is 10.5. The lowest BCUT2D eigenvalue weighted by molar-refractivity contribution is -0.120. The number of aromatic nitrogens is 1. The van der Waals surface area contributed by atoms with Crippen LogP contribution in [0.5, 0.6) is 0 Å². The minimum absolute atomic E-state index is 0.0555. The number of rotatable bonds is 5. The van der Waals surface area contributed by atoms with Gasteiger partial charge in [-0.2, -0.15) is 0 Å². The van der Waals surface area contributed by atoms with Crippen LogP contribution in [0.1, 0.15) is 55.3 Å². The zero-order valence-corrected chi connectivity index (χ0v) is 16.6. The van der Waals surface area contributed by atoms with Crippen molar-refractivity contribution in [3.05, 3.63) is 51.3 Å². The average Bonchev–Trinajstić information content (AvgIpc) is 2.84. The number of amides is 1. The normalized spacial score (nSPS) is 16.5. The lowest BCUT2D eigenvalue weighted by Crippen LogP contribution is -2.26. The Labute approximate surface area is 160 Å². The first-order chi connectivity index (χ1) is 12.6. The molecule has 0 atom stereocenters. The largest absolute Gasteiger partial charge is 0.352 e. The van der Waals surface area contributed by atoms with E-state index in [0.717, 1.165) is 16.1 Å². The number of carbonyl (C=O) groups is 1. The molecule has 0 radical (unpaired) electrons. The van der Waals surface area contributed by atoms with Crippen molar-refractivity contribution in [1.82, 2.24) is 9.88 Å². The third kappa shape index (κ3) is 5.31. The maximum Gasteiger partial charge on any atom is 0.226 e. The van der Waals surface area contributed by atoms with E-state index in [2.05, 4.69) is 46.5 Å². The summed E-state index contributed by atoms with van der Waals surface area (Å²) in [5.74, 6) is 0.0555. The molecule has 4 nitrogen and oxygen atoms in total. The minimum Gasteiger partial charge on any atom is -0.352 e. The quantitative estimate of drug-likeness (QED) is 0.797. The fourth-order valence-corrected chi connectivity index (χ4v) is 4.32. The molecule has 5 heteroatoms. The third-order valence-electron chi connectivity index (χ3n) is 5.09. The van der Waals surface area contributed by atoms with Gasteiger partial charge >= 0.3 is 0 Å². The van der Waals surface area contributed by atoms with Crippen LogP contribution in [0.2, 0.25) is 0 Å². The summed E-state index contributed by atoms with van der Waals surface area (Å²) in [7, 11) is 2.02. The number of nitrogens with one attached hydrogen (secondary N) is 1. The second-order valence-corrected chi connectivity index (χ2v) is 8.12. The van der Waals surface area contributed by atoms with Crippen molar-refractivity contribution in [3.63, 3.8) is 0 Å². The molecule has 1 aromatic carbocycles. The molecular weight excluding hydrogens is 342 g/mol. The van der Waals surface area contributed by atoms with Crippen LogP contribution in [0.15, 0.2) is 34.6 Å². The summed E-state index contributed by atoms with van der Waals surface area (Å²) in [5.41, 5.74) is 3.39. The third-order valence-corrected chi connectivity index (χ3v) is 6.07. The van der Waals surface area contributed by atoms with Gasteiger partial charge in [-0.3, -0.25) is 9.79 Å². The fourth-order valence-electron chi connectivity index (χ4n) is 3.36. The van der Waals surface area contributed by atoms with E-state index in [1.165, 1.54) is 44.1 Å². The number of hydrogen-bond donors (Lipinski definition) is 1. The van der Waals surface area contributed by atoms with Crippen molar-refractivity contribution in [2.45, 2.75) is 64.5 Å². The summed E-state index contributed by atoms with van der Waals surface area (Å²) < 4.78 is 2.08. The van der Waals surface area contributed by atoms with E-state index in [1.807, 2.05) is 7.05 Å². The van der Waals surface area contributed by atoms with Gasteiger partial charge in [-0.1, -0.05) is 55.5 Å². The minimum atomic E-state index is 0.0555. The number of benzene rings is 1. The second kappa shape index (κ2) is 9.17. The molecule has 140 valence electrons. The Bertz CT molecular complexity index is 780. The molecule has 0 saturated heterocycles. The van der Waals surface area contributed by atoms with Gasteiger partial charge in [0.05, 0.1) is 12.5 Å². The van der Waals surface area contributed by atoms with Crippen LogP contribution < -0.4 is 10.1 Å². The smallest absolute Gasteiger partial charge is 0.226 e. The molecule has 3 rings (SSSR count). The summed E-state index contributed by atoms with van der Waals surface area (Å²) in [5, 5.41) is 5.09. The summed E-state index contributed by atoms with van der Waals surface area (Å²) in [6.45, 7) is 2.64.